The number of methoxy groups -OCH3 is 1. The summed E-state index contributed by atoms with van der Waals surface area (Å²) >= 11 is 0. The van der Waals surface area contributed by atoms with E-state index in [4.69, 9.17) is 14.2 Å². The molecule has 0 N–H and O–H groups in total. The number of likely N-dealkylation sites (tertiary alicyclic amines) is 2. The van der Waals surface area contributed by atoms with Gasteiger partial charge in [0.2, 0.25) is 5.91 Å². The van der Waals surface area contributed by atoms with Crippen molar-refractivity contribution in [3.8, 4) is 16.9 Å². The molecule has 59 heavy (non-hydrogen) atoms. The van der Waals surface area contributed by atoms with Crippen LogP contribution in [0, 0.1) is 5.92 Å². The second-order valence-electron chi connectivity index (χ2n) is 16.0. The van der Waals surface area contributed by atoms with E-state index in [1.165, 1.54) is 4.90 Å². The van der Waals surface area contributed by atoms with Crippen LogP contribution in [0.15, 0.2) is 128 Å². The van der Waals surface area contributed by atoms with Crippen LogP contribution in [0.1, 0.15) is 61.8 Å². The number of imide groups is 1. The Morgan fingerprint density at radius 1 is 0.814 bits per heavy atom. The van der Waals surface area contributed by atoms with E-state index in [9.17, 15) is 19.2 Å². The highest BCUT2D eigenvalue weighted by Gasteiger charge is 2.56. The quantitative estimate of drug-likeness (QED) is 0.0962. The largest absolute Gasteiger partial charge is 0.497 e. The molecule has 2 aliphatic heterocycles. The van der Waals surface area contributed by atoms with Gasteiger partial charge in [-0.15, -0.1) is 0 Å². The summed E-state index contributed by atoms with van der Waals surface area (Å²) in [5.74, 6) is -0.908. The fourth-order valence-corrected chi connectivity index (χ4v) is 7.66. The van der Waals surface area contributed by atoms with Crippen LogP contribution in [0.5, 0.6) is 5.75 Å². The van der Waals surface area contributed by atoms with Crippen molar-refractivity contribution >= 4 is 29.8 Å². The van der Waals surface area contributed by atoms with Crippen LogP contribution in [-0.4, -0.2) is 70.6 Å². The minimum absolute atomic E-state index is 0.000503. The van der Waals surface area contributed by atoms with Crippen LogP contribution in [0.25, 0.3) is 11.1 Å². The van der Waals surface area contributed by atoms with Crippen molar-refractivity contribution < 1.29 is 33.4 Å². The van der Waals surface area contributed by atoms with Crippen LogP contribution < -0.4 is 9.64 Å². The number of pyridine rings is 1. The number of piperidine rings is 1. The van der Waals surface area contributed by atoms with Gasteiger partial charge < -0.3 is 19.1 Å². The van der Waals surface area contributed by atoms with Gasteiger partial charge >= 0.3 is 18.1 Å². The number of carbonyl (C=O) groups is 4. The Kier molecular flexibility index (Phi) is 12.4. The van der Waals surface area contributed by atoms with E-state index in [1.54, 1.807) is 51.1 Å². The molecule has 0 bridgehead atoms. The number of nitrogens with zero attached hydrogens (tertiary/aromatic N) is 4. The molecule has 7 rings (SSSR count). The van der Waals surface area contributed by atoms with Gasteiger partial charge in [-0.1, -0.05) is 97.1 Å². The highest BCUT2D eigenvalue weighted by Crippen LogP contribution is 2.36. The Bertz CT molecular complexity index is 2240. The molecule has 2 saturated heterocycles. The molecule has 2 aliphatic rings. The van der Waals surface area contributed by atoms with Crippen molar-refractivity contribution in [1.29, 1.82) is 0 Å². The molecule has 1 aromatic heterocycles. The molecule has 304 valence electrons. The standard InChI is InChI=1S/C48H50N4O7/c1-48(2,3)59-47(56)51(30-33-17-23-40(57-4)24-18-33)42-29-35(25-26-49-42)28-41-43(45(54)58-32-34-12-7-5-8-13-34)52(44(41)53)46(55)50-27-11-16-39(31-50)38-21-19-37(20-22-38)36-14-9-6-10-15-36/h5-10,12-15,17-26,29,39,41,43H,11,16,27-28,30-32H2,1-4H3/t39?,41-,43+/m1/s1. The first kappa shape index (κ1) is 40.7. The highest BCUT2D eigenvalue weighted by atomic mass is 16.6. The molecular weight excluding hydrogens is 745 g/mol. The van der Waals surface area contributed by atoms with E-state index in [1.807, 2.05) is 72.8 Å². The molecule has 0 spiro atoms. The van der Waals surface area contributed by atoms with Crippen molar-refractivity contribution in [1.82, 2.24) is 14.8 Å². The Hall–Kier alpha value is -6.49. The number of hydrogen-bond acceptors (Lipinski definition) is 8. The molecule has 1 unspecified atom stereocenters. The van der Waals surface area contributed by atoms with Gasteiger partial charge in [0.25, 0.3) is 0 Å². The SMILES string of the molecule is COc1ccc(CN(C(=O)OC(C)(C)C)c2cc(C[C@H]3C(=O)N(C(=O)N4CCCC(c5ccc(-c6ccccc6)cc5)C4)[C@@H]3C(=O)OCc3ccccc3)ccn2)cc1. The molecule has 0 radical (unpaired) electrons. The number of amides is 4. The Balaban J connectivity index is 1.11. The second-order valence-corrected chi connectivity index (χ2v) is 16.0. The summed E-state index contributed by atoms with van der Waals surface area (Å²) in [5, 5.41) is 0. The van der Waals surface area contributed by atoms with E-state index in [-0.39, 0.29) is 25.5 Å². The van der Waals surface area contributed by atoms with Crippen LogP contribution in [0.3, 0.4) is 0 Å². The van der Waals surface area contributed by atoms with Crippen LogP contribution >= 0.6 is 0 Å². The average Bonchev–Trinajstić information content (AvgIpc) is 3.26. The van der Waals surface area contributed by atoms with Gasteiger partial charge in [0.1, 0.15) is 23.8 Å². The first-order valence-electron chi connectivity index (χ1n) is 20.0. The molecule has 11 heteroatoms. The minimum Gasteiger partial charge on any atom is -0.497 e. The second kappa shape index (κ2) is 18.0. The number of esters is 1. The topological polar surface area (TPSA) is 119 Å². The highest BCUT2D eigenvalue weighted by molar-refractivity contribution is 6.08. The Morgan fingerprint density at radius 2 is 1.49 bits per heavy atom. The van der Waals surface area contributed by atoms with Crippen molar-refractivity contribution in [2.45, 2.75) is 70.7 Å². The number of aromatic nitrogens is 1. The van der Waals surface area contributed by atoms with E-state index in [0.717, 1.165) is 45.6 Å². The summed E-state index contributed by atoms with van der Waals surface area (Å²) in [6, 6.07) is 37.0. The van der Waals surface area contributed by atoms with E-state index in [0.29, 0.717) is 30.2 Å². The van der Waals surface area contributed by atoms with Gasteiger partial charge in [-0.3, -0.25) is 9.69 Å². The number of rotatable bonds is 11. The number of urea groups is 1. The normalized spacial score (nSPS) is 17.8. The fourth-order valence-electron chi connectivity index (χ4n) is 7.66. The summed E-state index contributed by atoms with van der Waals surface area (Å²) in [5.41, 5.74) is 4.86. The van der Waals surface area contributed by atoms with Gasteiger partial charge in [-0.25, -0.2) is 24.3 Å². The van der Waals surface area contributed by atoms with Gasteiger partial charge in [0.15, 0.2) is 6.04 Å². The molecule has 11 nitrogen and oxygen atoms in total. The van der Waals surface area contributed by atoms with E-state index < -0.39 is 41.6 Å². The zero-order valence-electron chi connectivity index (χ0n) is 34.0. The third-order valence-electron chi connectivity index (χ3n) is 10.7. The molecule has 4 aromatic carbocycles. The molecule has 4 amide bonds. The maximum atomic E-state index is 14.3. The number of ether oxygens (including phenoxy) is 3. The molecule has 3 heterocycles. The zero-order chi connectivity index (χ0) is 41.5. The molecule has 2 fully saturated rings. The average molecular weight is 795 g/mol. The van der Waals surface area contributed by atoms with Gasteiger partial charge in [-0.2, -0.15) is 0 Å². The van der Waals surface area contributed by atoms with Crippen molar-refractivity contribution in [3.63, 3.8) is 0 Å². The number of anilines is 1. The Morgan fingerprint density at radius 3 is 2.17 bits per heavy atom. The van der Waals surface area contributed by atoms with Crippen LogP contribution in [0.2, 0.25) is 0 Å². The maximum Gasteiger partial charge on any atom is 0.416 e. The predicted octanol–water partition coefficient (Wildman–Crippen LogP) is 8.81. The lowest BCUT2D eigenvalue weighted by Gasteiger charge is -2.46. The number of carbonyl (C=O) groups excluding carboxylic acids is 4. The summed E-state index contributed by atoms with van der Waals surface area (Å²) in [6.07, 6.45) is 2.74. The Labute approximate surface area is 345 Å². The van der Waals surface area contributed by atoms with Crippen LogP contribution in [0.4, 0.5) is 15.4 Å². The first-order valence-corrected chi connectivity index (χ1v) is 20.0. The number of benzene rings is 4. The third-order valence-corrected chi connectivity index (χ3v) is 10.7. The zero-order valence-corrected chi connectivity index (χ0v) is 34.0. The lowest BCUT2D eigenvalue weighted by molar-refractivity contribution is -0.171. The summed E-state index contributed by atoms with van der Waals surface area (Å²) in [6.45, 7) is 6.42. The lowest BCUT2D eigenvalue weighted by atomic mass is 9.82. The van der Waals surface area contributed by atoms with Crippen molar-refractivity contribution in [2.24, 2.45) is 5.92 Å². The van der Waals surface area contributed by atoms with Crippen LogP contribution in [-0.2, 0) is 38.6 Å². The van der Waals surface area contributed by atoms with Crippen molar-refractivity contribution in [3.05, 3.63) is 150 Å². The summed E-state index contributed by atoms with van der Waals surface area (Å²) < 4.78 is 16.9. The maximum absolute atomic E-state index is 14.3. The first-order chi connectivity index (χ1) is 28.5. The van der Waals surface area contributed by atoms with Gasteiger partial charge in [0, 0.05) is 25.2 Å². The van der Waals surface area contributed by atoms with E-state index >= 15 is 0 Å². The molecular formula is C48H50N4O7. The van der Waals surface area contributed by atoms with Crippen molar-refractivity contribution in [2.75, 3.05) is 25.1 Å². The minimum atomic E-state index is -1.14. The fraction of sp³-hybridized carbons (Fsp3) is 0.312. The van der Waals surface area contributed by atoms with E-state index in [2.05, 4.69) is 41.4 Å². The lowest BCUT2D eigenvalue weighted by Crippen LogP contribution is -2.69. The summed E-state index contributed by atoms with van der Waals surface area (Å²) in [7, 11) is 1.59. The predicted molar refractivity (Wildman–Crippen MR) is 225 cm³/mol. The number of hydrogen-bond donors (Lipinski definition) is 0. The molecule has 0 aliphatic carbocycles. The molecule has 5 aromatic rings. The number of β-lactam (4-membered cyclic amide) rings is 1. The molecule has 0 saturated carbocycles. The summed E-state index contributed by atoms with van der Waals surface area (Å²) in [4.78, 5) is 64.7. The monoisotopic (exact) mass is 794 g/mol. The third kappa shape index (κ3) is 9.80. The molecule has 3 atom stereocenters. The van der Waals surface area contributed by atoms with Gasteiger partial charge in [-0.05, 0) is 97.7 Å². The van der Waals surface area contributed by atoms with Gasteiger partial charge in [0.05, 0.1) is 19.6 Å². The smallest absolute Gasteiger partial charge is 0.416 e.